The van der Waals surface area contributed by atoms with Crippen LogP contribution in [0.15, 0.2) is 11.1 Å². The summed E-state index contributed by atoms with van der Waals surface area (Å²) in [6, 6.07) is 0. The Morgan fingerprint density at radius 1 is 1.11 bits per heavy atom. The average Bonchev–Trinajstić information content (AvgIpc) is 3.08. The molecule has 3 aliphatic carbocycles. The number of rotatable bonds is 3. The zero-order valence-electron chi connectivity index (χ0n) is 21.3. The summed E-state index contributed by atoms with van der Waals surface area (Å²) in [6.07, 6.45) is -6.51. The smallest absolute Gasteiger partial charge is 0.458 e. The third-order valence-electron chi connectivity index (χ3n) is 9.06. The Kier molecular flexibility index (Phi) is 6.09. The van der Waals surface area contributed by atoms with Gasteiger partial charge in [-0.15, -0.1) is 0 Å². The number of hydrogen-bond donors (Lipinski definition) is 3. The lowest BCUT2D eigenvalue weighted by molar-refractivity contribution is -0.271. The Balaban J connectivity index is 2.14. The van der Waals surface area contributed by atoms with Crippen LogP contribution in [-0.2, 0) is 33.3 Å². The first-order valence-electron chi connectivity index (χ1n) is 12.1. The second-order valence-electron chi connectivity index (χ2n) is 11.3. The predicted octanol–water partition coefficient (Wildman–Crippen LogP) is 0.954. The van der Waals surface area contributed by atoms with Crippen molar-refractivity contribution in [3.8, 4) is 0 Å². The van der Waals surface area contributed by atoms with Crippen molar-refractivity contribution in [1.82, 2.24) is 0 Å². The van der Waals surface area contributed by atoms with E-state index in [1.165, 1.54) is 13.8 Å². The first-order chi connectivity index (χ1) is 16.6. The molecule has 36 heavy (non-hydrogen) atoms. The molecule has 4 rings (SSSR count). The van der Waals surface area contributed by atoms with Gasteiger partial charge in [0.1, 0.15) is 11.7 Å². The van der Waals surface area contributed by atoms with E-state index in [-0.39, 0.29) is 24.8 Å². The average molecular weight is 511 g/mol. The number of hydrogen-bond acceptors (Lipinski definition) is 11. The van der Waals surface area contributed by atoms with E-state index in [9.17, 15) is 34.5 Å². The summed E-state index contributed by atoms with van der Waals surface area (Å²) in [5.74, 6) is -3.09. The maximum absolute atomic E-state index is 13.4. The molecular formula is C25H34O11. The highest BCUT2D eigenvalue weighted by Gasteiger charge is 2.76. The number of allylic oxidation sites excluding steroid dienone is 1. The van der Waals surface area contributed by atoms with Crippen molar-refractivity contribution in [3.05, 3.63) is 11.1 Å². The quantitative estimate of drug-likeness (QED) is 0.365. The van der Waals surface area contributed by atoms with Crippen molar-refractivity contribution in [2.75, 3.05) is 6.61 Å². The molecule has 2 saturated carbocycles. The normalized spacial score (nSPS) is 43.3. The van der Waals surface area contributed by atoms with Gasteiger partial charge in [-0.2, -0.15) is 0 Å². The van der Waals surface area contributed by atoms with Gasteiger partial charge in [0.15, 0.2) is 23.6 Å². The van der Waals surface area contributed by atoms with Crippen molar-refractivity contribution in [3.63, 3.8) is 0 Å². The maximum atomic E-state index is 13.4. The minimum Gasteiger partial charge on any atom is -0.458 e. The third kappa shape index (κ3) is 3.35. The van der Waals surface area contributed by atoms with E-state index >= 15 is 0 Å². The van der Waals surface area contributed by atoms with E-state index in [2.05, 4.69) is 0 Å². The zero-order valence-corrected chi connectivity index (χ0v) is 21.3. The Morgan fingerprint density at radius 2 is 1.72 bits per heavy atom. The van der Waals surface area contributed by atoms with Gasteiger partial charge in [-0.05, 0) is 30.9 Å². The van der Waals surface area contributed by atoms with Crippen molar-refractivity contribution in [2.24, 2.45) is 16.7 Å². The van der Waals surface area contributed by atoms with Crippen LogP contribution in [0.25, 0.3) is 0 Å². The Hall–Kier alpha value is -2.50. The first-order valence-corrected chi connectivity index (χ1v) is 12.1. The van der Waals surface area contributed by atoms with E-state index in [0.29, 0.717) is 5.57 Å². The highest BCUT2D eigenvalue weighted by molar-refractivity contribution is 5.99. The predicted molar refractivity (Wildman–Crippen MR) is 120 cm³/mol. The molecule has 2 bridgehead atoms. The number of Topliss-reactive ketones (excluding diaryl/α,β-unsaturated/α-hetero) is 1. The standard InChI is InChI=1S/C25H34O11/c1-11-14(29)9-25-20(35-21(31)36-25)18-23(6,8-7-15(30)24(18,32)10-26)19(34-13(3)28)17(33-12(2)27)16(11)22(25,4)5/h15,17-20,26,30,32H,7-10H2,1-6H3/t15-,17+,18-,19-,20-,23+,24-,25+/m0/s1. The van der Waals surface area contributed by atoms with E-state index in [1.807, 2.05) is 0 Å². The monoisotopic (exact) mass is 510 g/mol. The highest BCUT2D eigenvalue weighted by Crippen LogP contribution is 2.65. The molecule has 0 aromatic rings. The van der Waals surface area contributed by atoms with Crippen LogP contribution >= 0.6 is 0 Å². The van der Waals surface area contributed by atoms with Gasteiger partial charge in [0.25, 0.3) is 0 Å². The largest absolute Gasteiger partial charge is 0.509 e. The molecule has 1 spiro atoms. The zero-order chi connectivity index (χ0) is 27.0. The van der Waals surface area contributed by atoms with Crippen LogP contribution in [0.5, 0.6) is 0 Å². The number of esters is 2. The Bertz CT molecular complexity index is 1050. The molecule has 8 atom stereocenters. The number of carbonyl (C=O) groups is 4. The lowest BCUT2D eigenvalue weighted by atomic mass is 9.46. The van der Waals surface area contributed by atoms with Crippen molar-refractivity contribution in [2.45, 2.75) is 96.4 Å². The number of carbonyl (C=O) groups excluding carboxylic acids is 4. The topological polar surface area (TPSA) is 166 Å². The number of aliphatic hydroxyl groups is 3. The molecule has 0 unspecified atom stereocenters. The number of ketones is 1. The van der Waals surface area contributed by atoms with Gasteiger partial charge in [-0.25, -0.2) is 4.79 Å². The molecule has 200 valence electrons. The fourth-order valence-corrected chi connectivity index (χ4v) is 7.33. The van der Waals surface area contributed by atoms with Crippen LogP contribution in [0.3, 0.4) is 0 Å². The summed E-state index contributed by atoms with van der Waals surface area (Å²) < 4.78 is 23.1. The summed E-state index contributed by atoms with van der Waals surface area (Å²) in [5, 5.41) is 33.1. The second kappa shape index (κ2) is 8.26. The summed E-state index contributed by atoms with van der Waals surface area (Å²) >= 11 is 0. The lowest BCUT2D eigenvalue weighted by Crippen LogP contribution is -2.75. The summed E-state index contributed by atoms with van der Waals surface area (Å²) in [7, 11) is 0. The van der Waals surface area contributed by atoms with Crippen LogP contribution < -0.4 is 0 Å². The van der Waals surface area contributed by atoms with E-state index in [4.69, 9.17) is 18.9 Å². The second-order valence-corrected chi connectivity index (χ2v) is 11.3. The molecule has 3 N–H and O–H groups in total. The minimum absolute atomic E-state index is 0.00347. The molecule has 1 aliphatic heterocycles. The Morgan fingerprint density at radius 3 is 2.28 bits per heavy atom. The Labute approximate surface area is 208 Å². The summed E-state index contributed by atoms with van der Waals surface area (Å²) in [5.41, 5.74) is -5.82. The van der Waals surface area contributed by atoms with Gasteiger partial charge < -0.3 is 34.3 Å². The van der Waals surface area contributed by atoms with Crippen LogP contribution in [0, 0.1) is 16.7 Å². The van der Waals surface area contributed by atoms with Crippen LogP contribution in [0.4, 0.5) is 4.79 Å². The fraction of sp³-hybridized carbons (Fsp3) is 0.760. The van der Waals surface area contributed by atoms with Gasteiger partial charge in [-0.3, -0.25) is 14.4 Å². The third-order valence-corrected chi connectivity index (χ3v) is 9.06. The molecule has 11 heteroatoms. The summed E-state index contributed by atoms with van der Waals surface area (Å²) in [4.78, 5) is 50.9. The molecule has 0 aromatic carbocycles. The van der Waals surface area contributed by atoms with Gasteiger partial charge >= 0.3 is 18.1 Å². The molecule has 0 radical (unpaired) electrons. The summed E-state index contributed by atoms with van der Waals surface area (Å²) in [6.45, 7) is 8.10. The van der Waals surface area contributed by atoms with E-state index in [0.717, 1.165) is 0 Å². The van der Waals surface area contributed by atoms with Crippen LogP contribution in [0.2, 0.25) is 0 Å². The molecule has 0 aromatic heterocycles. The number of fused-ring (bicyclic) bond motifs is 3. The molecule has 1 heterocycles. The molecule has 11 nitrogen and oxygen atoms in total. The van der Waals surface area contributed by atoms with Crippen molar-refractivity contribution < 1.29 is 53.4 Å². The van der Waals surface area contributed by atoms with Crippen molar-refractivity contribution >= 4 is 23.9 Å². The molecule has 0 amide bonds. The van der Waals surface area contributed by atoms with Gasteiger partial charge in [0.05, 0.1) is 19.1 Å². The first kappa shape index (κ1) is 26.6. The van der Waals surface area contributed by atoms with E-state index < -0.39 is 82.8 Å². The fourth-order valence-electron chi connectivity index (χ4n) is 7.33. The van der Waals surface area contributed by atoms with Crippen LogP contribution in [0.1, 0.15) is 60.8 Å². The number of ether oxygens (including phenoxy) is 4. The molecule has 1 saturated heterocycles. The lowest BCUT2D eigenvalue weighted by Gasteiger charge is -2.63. The maximum Gasteiger partial charge on any atom is 0.509 e. The highest BCUT2D eigenvalue weighted by atomic mass is 16.8. The van der Waals surface area contributed by atoms with E-state index in [1.54, 1.807) is 27.7 Å². The molecular weight excluding hydrogens is 476 g/mol. The van der Waals surface area contributed by atoms with Gasteiger partial charge in [-0.1, -0.05) is 20.8 Å². The molecule has 4 aliphatic rings. The van der Waals surface area contributed by atoms with Gasteiger partial charge in [0, 0.05) is 30.6 Å². The van der Waals surface area contributed by atoms with Crippen molar-refractivity contribution in [1.29, 1.82) is 0 Å². The van der Waals surface area contributed by atoms with Crippen LogP contribution in [-0.4, -0.2) is 81.4 Å². The SMILES string of the molecule is CC(=O)O[C@@H]1C2=C(C)C(=O)C[C@]3(OC(=O)O[C@H]3[C@H]3[C@@](C)(CC[C@H](O)[C@@]3(O)CO)[C@H]1OC(C)=O)C2(C)C. The molecule has 3 fully saturated rings. The van der Waals surface area contributed by atoms with Gasteiger partial charge in [0.2, 0.25) is 0 Å². The minimum atomic E-state index is -2.23. The number of aliphatic hydroxyl groups excluding tert-OH is 2.